The summed E-state index contributed by atoms with van der Waals surface area (Å²) in [5.74, 6) is 0. The van der Waals surface area contributed by atoms with Crippen LogP contribution < -0.4 is 10.6 Å². The lowest BCUT2D eigenvalue weighted by atomic mass is 9.92. The van der Waals surface area contributed by atoms with Gasteiger partial charge in [-0.15, -0.1) is 0 Å². The molecule has 2 heterocycles. The Balaban J connectivity index is 1.45. The minimum Gasteiger partial charge on any atom is -0.248 e. The van der Waals surface area contributed by atoms with Crippen molar-refractivity contribution in [2.75, 3.05) is 0 Å². The van der Waals surface area contributed by atoms with Gasteiger partial charge in [0.1, 0.15) is 0 Å². The highest BCUT2D eigenvalue weighted by atomic mass is 14.8. The molecule has 0 unspecified atom stereocenters. The number of para-hydroxylation sites is 1. The highest BCUT2D eigenvalue weighted by molar-refractivity contribution is 6.35. The molecule has 0 saturated heterocycles. The predicted octanol–water partition coefficient (Wildman–Crippen LogP) is 7.26. The molecule has 36 heavy (non-hydrogen) atoms. The fraction of sp³-hybridized carbons (Fsp3) is 0. The molecule has 0 fully saturated rings. The second-order valence-electron chi connectivity index (χ2n) is 9.44. The summed E-state index contributed by atoms with van der Waals surface area (Å²) < 4.78 is 0. The average Bonchev–Trinajstić information content (AvgIpc) is 3.51. The van der Waals surface area contributed by atoms with E-state index in [0.29, 0.717) is 0 Å². The first-order valence-electron chi connectivity index (χ1n) is 12.3. The van der Waals surface area contributed by atoms with Crippen LogP contribution in [-0.4, -0.2) is 5.71 Å². The highest BCUT2D eigenvalue weighted by Crippen LogP contribution is 2.39. The van der Waals surface area contributed by atoms with Gasteiger partial charge in [-0.2, -0.15) is 0 Å². The first kappa shape index (κ1) is 19.5. The van der Waals surface area contributed by atoms with Crippen LogP contribution in [-0.2, 0) is 0 Å². The summed E-state index contributed by atoms with van der Waals surface area (Å²) in [4.78, 5) is 10.2. The lowest BCUT2D eigenvalue weighted by molar-refractivity contribution is 1.39. The molecule has 2 heteroatoms. The third kappa shape index (κ3) is 2.79. The van der Waals surface area contributed by atoms with E-state index >= 15 is 0 Å². The van der Waals surface area contributed by atoms with Crippen LogP contribution in [0, 0.1) is 0 Å². The summed E-state index contributed by atoms with van der Waals surface area (Å²) in [6.07, 6.45) is 0. The van der Waals surface area contributed by atoms with Crippen LogP contribution in [0.2, 0.25) is 0 Å². The predicted molar refractivity (Wildman–Crippen MR) is 149 cm³/mol. The van der Waals surface area contributed by atoms with E-state index in [4.69, 9.17) is 9.98 Å². The van der Waals surface area contributed by atoms with E-state index in [1.54, 1.807) is 0 Å². The molecule has 0 atom stereocenters. The topological polar surface area (TPSA) is 24.7 Å². The maximum absolute atomic E-state index is 5.36. The monoisotopic (exact) mass is 456 g/mol. The van der Waals surface area contributed by atoms with Gasteiger partial charge in [-0.05, 0) is 57.4 Å². The molecule has 0 radical (unpaired) electrons. The fourth-order valence-electron chi connectivity index (χ4n) is 5.65. The van der Waals surface area contributed by atoms with Crippen molar-refractivity contribution in [3.05, 3.63) is 143 Å². The van der Waals surface area contributed by atoms with E-state index in [0.717, 1.165) is 39.1 Å². The quantitative estimate of drug-likeness (QED) is 0.262. The van der Waals surface area contributed by atoms with Crippen molar-refractivity contribution in [2.45, 2.75) is 0 Å². The van der Waals surface area contributed by atoms with Crippen molar-refractivity contribution in [1.29, 1.82) is 0 Å². The minimum atomic E-state index is 0.997. The molecule has 0 aliphatic carbocycles. The smallest absolute Gasteiger partial charge is 0.0817 e. The fourth-order valence-corrected chi connectivity index (χ4v) is 5.65. The zero-order valence-corrected chi connectivity index (χ0v) is 19.4. The maximum atomic E-state index is 5.36. The van der Waals surface area contributed by atoms with Crippen molar-refractivity contribution in [3.8, 4) is 11.1 Å². The molecule has 0 spiro atoms. The van der Waals surface area contributed by atoms with Crippen LogP contribution in [0.4, 0.5) is 11.4 Å². The summed E-state index contributed by atoms with van der Waals surface area (Å²) in [6, 6.07) is 43.2. The Hall–Kier alpha value is -4.82. The molecular weight excluding hydrogens is 436 g/mol. The Morgan fingerprint density at radius 2 is 1.11 bits per heavy atom. The van der Waals surface area contributed by atoms with E-state index in [1.165, 1.54) is 37.9 Å². The number of aliphatic imine (C=N–C) groups is 1. The normalized spacial score (nSPS) is 13.3. The van der Waals surface area contributed by atoms with Gasteiger partial charge in [0, 0.05) is 27.5 Å². The molecule has 0 aromatic heterocycles. The molecule has 6 aromatic carbocycles. The summed E-state index contributed by atoms with van der Waals surface area (Å²) >= 11 is 0. The summed E-state index contributed by atoms with van der Waals surface area (Å²) in [5.41, 5.74) is 8.84. The number of fused-ring (bicyclic) bond motifs is 7. The molecule has 2 aliphatic rings. The summed E-state index contributed by atoms with van der Waals surface area (Å²) in [5, 5.41) is 7.09. The summed E-state index contributed by atoms with van der Waals surface area (Å²) in [6.45, 7) is 0. The standard InChI is InChI=1S/C34H20N2/c1-3-9-23-19-25(15-13-21(23)7-1)31-28-17-18-30-32(27-11-5-6-12-29(27)35-30)34(28)36-33(31)26-16-14-22-8-2-4-10-24(22)20-26/h1-20H. The second-order valence-corrected chi connectivity index (χ2v) is 9.44. The Labute approximate surface area is 208 Å². The van der Waals surface area contributed by atoms with Gasteiger partial charge in [-0.1, -0.05) is 91.0 Å². The number of benzene rings is 6. The molecule has 0 amide bonds. The van der Waals surface area contributed by atoms with E-state index in [9.17, 15) is 0 Å². The van der Waals surface area contributed by atoms with E-state index < -0.39 is 0 Å². The van der Waals surface area contributed by atoms with Gasteiger partial charge >= 0.3 is 0 Å². The van der Waals surface area contributed by atoms with Crippen LogP contribution in [0.1, 0.15) is 11.1 Å². The van der Waals surface area contributed by atoms with Gasteiger partial charge in [-0.25, -0.2) is 9.98 Å². The maximum Gasteiger partial charge on any atom is 0.0817 e. The first-order chi connectivity index (χ1) is 17.8. The minimum absolute atomic E-state index is 0.997. The second kappa shape index (κ2) is 7.34. The van der Waals surface area contributed by atoms with E-state index in [-0.39, 0.29) is 0 Å². The van der Waals surface area contributed by atoms with Crippen molar-refractivity contribution in [3.63, 3.8) is 0 Å². The van der Waals surface area contributed by atoms with Gasteiger partial charge in [0.25, 0.3) is 0 Å². The van der Waals surface area contributed by atoms with Crippen molar-refractivity contribution >= 4 is 44.2 Å². The van der Waals surface area contributed by atoms with Crippen LogP contribution in [0.3, 0.4) is 0 Å². The van der Waals surface area contributed by atoms with Gasteiger partial charge in [0.05, 0.1) is 22.4 Å². The van der Waals surface area contributed by atoms with E-state index in [2.05, 4.69) is 115 Å². The lowest BCUT2D eigenvalue weighted by Crippen LogP contribution is -2.14. The van der Waals surface area contributed by atoms with Gasteiger partial charge < -0.3 is 0 Å². The largest absolute Gasteiger partial charge is 0.248 e. The molecule has 0 bridgehead atoms. The molecular formula is C34H20N2. The Kier molecular flexibility index (Phi) is 3.97. The Morgan fingerprint density at radius 3 is 1.89 bits per heavy atom. The Bertz CT molecular complexity index is 2050. The molecule has 2 aliphatic heterocycles. The number of hydrogen-bond acceptors (Lipinski definition) is 2. The van der Waals surface area contributed by atoms with Crippen LogP contribution in [0.5, 0.6) is 0 Å². The van der Waals surface area contributed by atoms with Gasteiger partial charge in [-0.3, -0.25) is 0 Å². The zero-order valence-electron chi connectivity index (χ0n) is 19.4. The average molecular weight is 457 g/mol. The first-order valence-corrected chi connectivity index (χ1v) is 12.3. The SMILES string of the molecule is c1ccc2c(c1)N=c1ccc3c(c1-2)N=C(c1ccc2ccccc2c1)C=3c1ccc2ccccc2c1. The van der Waals surface area contributed by atoms with Crippen LogP contribution in [0.25, 0.3) is 38.2 Å². The molecule has 6 aromatic rings. The van der Waals surface area contributed by atoms with Crippen molar-refractivity contribution < 1.29 is 0 Å². The molecule has 0 saturated carbocycles. The van der Waals surface area contributed by atoms with Crippen LogP contribution >= 0.6 is 0 Å². The molecule has 2 nitrogen and oxygen atoms in total. The molecule has 8 rings (SSSR count). The number of hydrogen-bond donors (Lipinski definition) is 0. The molecule has 0 N–H and O–H groups in total. The van der Waals surface area contributed by atoms with Gasteiger partial charge in [0.15, 0.2) is 0 Å². The van der Waals surface area contributed by atoms with Crippen molar-refractivity contribution in [1.82, 2.24) is 0 Å². The lowest BCUT2D eigenvalue weighted by Gasteiger charge is -2.10. The zero-order chi connectivity index (χ0) is 23.6. The number of nitrogens with zero attached hydrogens (tertiary/aromatic N) is 2. The van der Waals surface area contributed by atoms with Crippen molar-refractivity contribution in [2.24, 2.45) is 9.98 Å². The molecule has 166 valence electrons. The summed E-state index contributed by atoms with van der Waals surface area (Å²) in [7, 11) is 0. The third-order valence-electron chi connectivity index (χ3n) is 7.36. The van der Waals surface area contributed by atoms with Crippen LogP contribution in [0.15, 0.2) is 131 Å². The highest BCUT2D eigenvalue weighted by Gasteiger charge is 2.26. The Morgan fingerprint density at radius 1 is 0.472 bits per heavy atom. The van der Waals surface area contributed by atoms with E-state index in [1.807, 2.05) is 6.07 Å². The third-order valence-corrected chi connectivity index (χ3v) is 7.36. The number of rotatable bonds is 2. The van der Waals surface area contributed by atoms with Gasteiger partial charge in [0.2, 0.25) is 0 Å².